The largest absolute Gasteiger partial charge is 0.487 e. The number of nitriles is 1. The highest BCUT2D eigenvalue weighted by Gasteiger charge is 2.28. The van der Waals surface area contributed by atoms with Gasteiger partial charge in [0.05, 0.1) is 41.5 Å². The molecule has 11 heteroatoms. The van der Waals surface area contributed by atoms with E-state index in [1.54, 1.807) is 30.3 Å². The number of aryl methyl sites for hydroxylation is 1. The molecule has 0 bridgehead atoms. The van der Waals surface area contributed by atoms with Crippen LogP contribution < -0.4 is 19.3 Å². The summed E-state index contributed by atoms with van der Waals surface area (Å²) in [6.07, 6.45) is 4.15. The fourth-order valence-corrected chi connectivity index (χ4v) is 4.51. The average molecular weight is 573 g/mol. The van der Waals surface area contributed by atoms with Crippen LogP contribution in [0.4, 0.5) is 15.8 Å². The number of hydrogen-bond donors (Lipinski definition) is 2. The van der Waals surface area contributed by atoms with E-state index >= 15 is 0 Å². The first-order chi connectivity index (χ1) is 18.8. The van der Waals surface area contributed by atoms with Gasteiger partial charge in [0, 0.05) is 32.5 Å². The van der Waals surface area contributed by atoms with Crippen molar-refractivity contribution in [3.63, 3.8) is 0 Å². The standard InChI is InChI=1S/C28H30ClFN4O4S/c1-3-5-22(27(35)32-12-4-15-37-29)28(36)34(39)25-17-20(18-31)7-8-24(25)33-13-10-21(11-14-33)38-26-9-6-19(2)16-23(26)30/h3,5-9,16-17,21,39H,1,4,10-15H2,2H3,(H,32,35)/b22-5+. The van der Waals surface area contributed by atoms with Gasteiger partial charge in [-0.1, -0.05) is 31.5 Å². The molecule has 0 aromatic heterocycles. The summed E-state index contributed by atoms with van der Waals surface area (Å²) in [4.78, 5) is 28.1. The molecule has 1 fully saturated rings. The van der Waals surface area contributed by atoms with E-state index in [4.69, 9.17) is 16.6 Å². The van der Waals surface area contributed by atoms with Crippen molar-refractivity contribution in [1.29, 1.82) is 5.26 Å². The molecule has 0 atom stereocenters. The van der Waals surface area contributed by atoms with Crippen molar-refractivity contribution in [3.8, 4) is 11.8 Å². The Morgan fingerprint density at radius 2 is 2.05 bits per heavy atom. The minimum atomic E-state index is -0.686. The number of carbonyl (C=O) groups is 2. The molecule has 0 unspecified atom stereocenters. The Hall–Kier alpha value is -3.52. The number of amides is 2. The number of piperidine rings is 1. The van der Waals surface area contributed by atoms with Crippen LogP contribution in [0.15, 0.2) is 60.7 Å². The van der Waals surface area contributed by atoms with Gasteiger partial charge in [0.15, 0.2) is 11.6 Å². The van der Waals surface area contributed by atoms with Gasteiger partial charge in [-0.3, -0.25) is 18.2 Å². The number of benzene rings is 2. The maximum absolute atomic E-state index is 14.3. The maximum Gasteiger partial charge on any atom is 0.273 e. The third-order valence-corrected chi connectivity index (χ3v) is 6.68. The molecular formula is C28H30ClFN4O4S. The highest BCUT2D eigenvalue weighted by Crippen LogP contribution is 2.35. The highest BCUT2D eigenvalue weighted by atomic mass is 35.5. The summed E-state index contributed by atoms with van der Waals surface area (Å²) < 4.78 is 25.7. The summed E-state index contributed by atoms with van der Waals surface area (Å²) in [5, 5.41) is 12.1. The number of rotatable bonds is 11. The molecule has 1 N–H and O–H groups in total. The molecule has 39 heavy (non-hydrogen) atoms. The summed E-state index contributed by atoms with van der Waals surface area (Å²) >= 11 is 9.62. The van der Waals surface area contributed by atoms with Gasteiger partial charge in [0.25, 0.3) is 11.8 Å². The number of nitrogens with one attached hydrogen (secondary N) is 1. The lowest BCUT2D eigenvalue weighted by Gasteiger charge is -2.35. The van der Waals surface area contributed by atoms with Crippen LogP contribution in [0.2, 0.25) is 0 Å². The number of allylic oxidation sites excluding steroid dienone is 2. The van der Waals surface area contributed by atoms with Crippen LogP contribution in [0.3, 0.4) is 0 Å². The lowest BCUT2D eigenvalue weighted by atomic mass is 10.0. The molecule has 8 nitrogen and oxygen atoms in total. The first-order valence-electron chi connectivity index (χ1n) is 12.4. The third-order valence-electron chi connectivity index (χ3n) is 6.13. The average Bonchev–Trinajstić information content (AvgIpc) is 2.94. The minimum Gasteiger partial charge on any atom is -0.487 e. The fourth-order valence-electron chi connectivity index (χ4n) is 4.13. The van der Waals surface area contributed by atoms with Crippen LogP contribution in [-0.2, 0) is 13.9 Å². The van der Waals surface area contributed by atoms with Crippen LogP contribution in [0, 0.1) is 24.1 Å². The molecular weight excluding hydrogens is 543 g/mol. The zero-order valence-electron chi connectivity index (χ0n) is 21.5. The Balaban J connectivity index is 1.77. The smallest absolute Gasteiger partial charge is 0.273 e. The number of nitrogens with zero attached hydrogens (tertiary/aromatic N) is 3. The molecule has 1 heterocycles. The Kier molecular flexibility index (Phi) is 11.2. The van der Waals surface area contributed by atoms with Gasteiger partial charge in [0.2, 0.25) is 0 Å². The normalized spacial score (nSPS) is 13.9. The predicted molar refractivity (Wildman–Crippen MR) is 152 cm³/mol. The van der Waals surface area contributed by atoms with E-state index in [0.717, 1.165) is 9.87 Å². The molecule has 1 saturated heterocycles. The van der Waals surface area contributed by atoms with E-state index in [0.29, 0.717) is 49.3 Å². The molecule has 2 amide bonds. The first kappa shape index (κ1) is 30.0. The van der Waals surface area contributed by atoms with Crippen molar-refractivity contribution in [2.75, 3.05) is 35.4 Å². The van der Waals surface area contributed by atoms with Crippen LogP contribution in [0.1, 0.15) is 30.4 Å². The van der Waals surface area contributed by atoms with Crippen molar-refractivity contribution < 1.29 is 23.0 Å². The Bertz CT molecular complexity index is 1270. The lowest BCUT2D eigenvalue weighted by Crippen LogP contribution is -2.39. The number of hydrogen-bond acceptors (Lipinski definition) is 7. The van der Waals surface area contributed by atoms with Crippen LogP contribution in [0.25, 0.3) is 0 Å². The molecule has 2 aromatic carbocycles. The zero-order chi connectivity index (χ0) is 28.4. The summed E-state index contributed by atoms with van der Waals surface area (Å²) in [5.74, 6) is -1.46. The summed E-state index contributed by atoms with van der Waals surface area (Å²) in [7, 11) is 0. The molecule has 1 aliphatic rings. The predicted octanol–water partition coefficient (Wildman–Crippen LogP) is 5.02. The van der Waals surface area contributed by atoms with Gasteiger partial charge in [-0.2, -0.15) is 5.26 Å². The van der Waals surface area contributed by atoms with E-state index < -0.39 is 17.6 Å². The van der Waals surface area contributed by atoms with Gasteiger partial charge in [0.1, 0.15) is 11.7 Å². The summed E-state index contributed by atoms with van der Waals surface area (Å²) in [6.45, 7) is 7.02. The monoisotopic (exact) mass is 572 g/mol. The van der Waals surface area contributed by atoms with E-state index in [1.165, 1.54) is 18.2 Å². The van der Waals surface area contributed by atoms with E-state index in [-0.39, 0.29) is 30.6 Å². The molecule has 3 rings (SSSR count). The SMILES string of the molecule is C=C/C=C(\C(=O)NCCCOCl)C(=O)N(S)c1cc(C#N)ccc1N1CCC(Oc2ccc(C)cc2F)CC1. The fraction of sp³-hybridized carbons (Fsp3) is 0.321. The summed E-state index contributed by atoms with van der Waals surface area (Å²) in [5.41, 5.74) is 1.98. The number of carbonyl (C=O) groups excluding carboxylic acids is 2. The summed E-state index contributed by atoms with van der Waals surface area (Å²) in [6, 6.07) is 11.9. The second-order valence-corrected chi connectivity index (χ2v) is 9.53. The topological polar surface area (TPSA) is 94.9 Å². The van der Waals surface area contributed by atoms with Crippen molar-refractivity contribution in [3.05, 3.63) is 77.6 Å². The molecule has 2 aromatic rings. The van der Waals surface area contributed by atoms with E-state index in [2.05, 4.69) is 35.1 Å². The molecule has 0 saturated carbocycles. The number of anilines is 2. The molecule has 206 valence electrons. The Labute approximate surface area is 238 Å². The lowest BCUT2D eigenvalue weighted by molar-refractivity contribution is -0.121. The number of halogens is 2. The van der Waals surface area contributed by atoms with Gasteiger partial charge < -0.3 is 15.0 Å². The Morgan fingerprint density at radius 1 is 1.31 bits per heavy atom. The van der Waals surface area contributed by atoms with Crippen LogP contribution >= 0.6 is 24.7 Å². The third kappa shape index (κ3) is 7.99. The number of thiol groups is 1. The van der Waals surface area contributed by atoms with E-state index in [9.17, 15) is 19.2 Å². The Morgan fingerprint density at radius 3 is 2.69 bits per heavy atom. The second-order valence-electron chi connectivity index (χ2n) is 8.91. The van der Waals surface area contributed by atoms with Crippen molar-refractivity contribution >= 4 is 47.9 Å². The molecule has 0 spiro atoms. The van der Waals surface area contributed by atoms with Gasteiger partial charge >= 0.3 is 0 Å². The zero-order valence-corrected chi connectivity index (χ0v) is 23.2. The highest BCUT2D eigenvalue weighted by molar-refractivity contribution is 7.82. The van der Waals surface area contributed by atoms with Crippen LogP contribution in [-0.4, -0.2) is 44.2 Å². The van der Waals surface area contributed by atoms with Crippen molar-refractivity contribution in [2.24, 2.45) is 0 Å². The number of ether oxygens (including phenoxy) is 1. The van der Waals surface area contributed by atoms with E-state index in [1.807, 2.05) is 11.8 Å². The first-order valence-corrected chi connectivity index (χ1v) is 13.1. The second kappa shape index (κ2) is 14.6. The van der Waals surface area contributed by atoms with Gasteiger partial charge in [-0.05, 0) is 55.3 Å². The molecule has 0 radical (unpaired) electrons. The quantitative estimate of drug-likeness (QED) is 0.0980. The van der Waals surface area contributed by atoms with Crippen molar-refractivity contribution in [2.45, 2.75) is 32.3 Å². The van der Waals surface area contributed by atoms with Gasteiger partial charge in [-0.25, -0.2) is 4.39 Å². The van der Waals surface area contributed by atoms with Crippen LogP contribution in [0.5, 0.6) is 5.75 Å². The van der Waals surface area contributed by atoms with Gasteiger partial charge in [-0.15, -0.1) is 0 Å². The molecule has 0 aliphatic carbocycles. The molecule has 1 aliphatic heterocycles. The minimum absolute atomic E-state index is 0.174. The maximum atomic E-state index is 14.3. The van der Waals surface area contributed by atoms with Crippen molar-refractivity contribution in [1.82, 2.24) is 5.32 Å².